The van der Waals surface area contributed by atoms with Gasteiger partial charge in [-0.15, -0.1) is 0 Å². The molecule has 0 aromatic carbocycles. The second-order valence-corrected chi connectivity index (χ2v) is 5.75. The number of guanidine groups is 1. The molecule has 1 aliphatic heterocycles. The third-order valence-corrected chi connectivity index (χ3v) is 3.97. The number of halogens is 3. The summed E-state index contributed by atoms with van der Waals surface area (Å²) in [4.78, 5) is 19.3. The van der Waals surface area contributed by atoms with Crippen molar-refractivity contribution in [3.63, 3.8) is 0 Å². The lowest BCUT2D eigenvalue weighted by molar-refractivity contribution is -0.181. The Kier molecular flexibility index (Phi) is 8.98. The van der Waals surface area contributed by atoms with E-state index in [1.807, 2.05) is 11.8 Å². The normalized spacial score (nSPS) is 18.2. The van der Waals surface area contributed by atoms with Gasteiger partial charge in [-0.25, -0.2) is 4.99 Å². The zero-order valence-electron chi connectivity index (χ0n) is 15.0. The molecule has 0 aromatic heterocycles. The molecule has 0 spiro atoms. The van der Waals surface area contributed by atoms with E-state index in [4.69, 9.17) is 4.74 Å². The molecular formula is C15H28F3N5O2. The van der Waals surface area contributed by atoms with E-state index < -0.39 is 12.2 Å². The summed E-state index contributed by atoms with van der Waals surface area (Å²) in [6.07, 6.45) is -4.22. The number of alkyl halides is 3. The molecule has 0 aromatic rings. The monoisotopic (exact) mass is 367 g/mol. The van der Waals surface area contributed by atoms with Crippen molar-refractivity contribution in [3.05, 3.63) is 0 Å². The zero-order chi connectivity index (χ0) is 18.9. The molecule has 1 aliphatic rings. The second kappa shape index (κ2) is 10.4. The summed E-state index contributed by atoms with van der Waals surface area (Å²) in [5.41, 5.74) is 0. The minimum atomic E-state index is -4.22. The van der Waals surface area contributed by atoms with E-state index in [2.05, 4.69) is 15.6 Å². The first-order valence-electron chi connectivity index (χ1n) is 8.39. The van der Waals surface area contributed by atoms with Gasteiger partial charge in [-0.3, -0.25) is 9.69 Å². The highest BCUT2D eigenvalue weighted by molar-refractivity contribution is 5.85. The predicted octanol–water partition coefficient (Wildman–Crippen LogP) is 0.283. The molecule has 1 heterocycles. The van der Waals surface area contributed by atoms with Crippen LogP contribution >= 0.6 is 0 Å². The Morgan fingerprint density at radius 2 is 1.88 bits per heavy atom. The smallest absolute Gasteiger partial charge is 0.383 e. The lowest BCUT2D eigenvalue weighted by Gasteiger charge is -2.39. The summed E-state index contributed by atoms with van der Waals surface area (Å²) in [6, 6.07) is -1.46. The molecule has 1 rings (SSSR count). The minimum absolute atomic E-state index is 0.0365. The zero-order valence-corrected chi connectivity index (χ0v) is 15.0. The van der Waals surface area contributed by atoms with Crippen molar-refractivity contribution >= 4 is 11.9 Å². The van der Waals surface area contributed by atoms with Crippen LogP contribution in [-0.4, -0.2) is 93.4 Å². The van der Waals surface area contributed by atoms with Gasteiger partial charge >= 0.3 is 6.18 Å². The van der Waals surface area contributed by atoms with Crippen molar-refractivity contribution in [3.8, 4) is 0 Å². The number of hydrogen-bond acceptors (Lipinski definition) is 4. The first kappa shape index (κ1) is 21.5. The van der Waals surface area contributed by atoms with Crippen molar-refractivity contribution in [1.82, 2.24) is 20.4 Å². The number of nitrogens with one attached hydrogen (secondary N) is 2. The van der Waals surface area contributed by atoms with Gasteiger partial charge in [0, 0.05) is 46.4 Å². The number of nitrogens with zero attached hydrogens (tertiary/aromatic N) is 3. The molecule has 1 saturated heterocycles. The molecule has 1 fully saturated rings. The maximum atomic E-state index is 12.8. The molecule has 0 bridgehead atoms. The number of aliphatic imine (C=N–C) groups is 1. The SMILES string of the molecule is CCNC(=NCC(=O)NCCOC)N1CCN(C(C)C(F)(F)F)CC1. The van der Waals surface area contributed by atoms with E-state index >= 15 is 0 Å². The Morgan fingerprint density at radius 3 is 2.40 bits per heavy atom. The lowest BCUT2D eigenvalue weighted by Crippen LogP contribution is -2.56. The van der Waals surface area contributed by atoms with Crippen LogP contribution in [0.25, 0.3) is 0 Å². The fourth-order valence-electron chi connectivity index (χ4n) is 2.45. The Bertz CT molecular complexity index is 437. The van der Waals surface area contributed by atoms with Crippen LogP contribution in [-0.2, 0) is 9.53 Å². The number of ether oxygens (including phenoxy) is 1. The first-order valence-corrected chi connectivity index (χ1v) is 8.39. The van der Waals surface area contributed by atoms with E-state index in [9.17, 15) is 18.0 Å². The Hall–Kier alpha value is -1.55. The summed E-state index contributed by atoms with van der Waals surface area (Å²) in [5.74, 6) is 0.320. The van der Waals surface area contributed by atoms with Crippen LogP contribution in [0.1, 0.15) is 13.8 Å². The van der Waals surface area contributed by atoms with Crippen molar-refractivity contribution in [1.29, 1.82) is 0 Å². The van der Waals surface area contributed by atoms with Crippen molar-refractivity contribution in [2.75, 3.05) is 59.5 Å². The van der Waals surface area contributed by atoms with E-state index in [-0.39, 0.29) is 12.5 Å². The van der Waals surface area contributed by atoms with Crippen LogP contribution in [0.2, 0.25) is 0 Å². The topological polar surface area (TPSA) is 69.2 Å². The fraction of sp³-hybridized carbons (Fsp3) is 0.867. The summed E-state index contributed by atoms with van der Waals surface area (Å²) >= 11 is 0. The molecule has 0 aliphatic carbocycles. The predicted molar refractivity (Wildman–Crippen MR) is 89.5 cm³/mol. The average Bonchev–Trinajstić information content (AvgIpc) is 2.57. The number of carbonyl (C=O) groups is 1. The Labute approximate surface area is 146 Å². The molecular weight excluding hydrogens is 339 g/mol. The van der Waals surface area contributed by atoms with Gasteiger partial charge in [-0.1, -0.05) is 0 Å². The van der Waals surface area contributed by atoms with Gasteiger partial charge in [0.25, 0.3) is 0 Å². The maximum Gasteiger partial charge on any atom is 0.403 e. The van der Waals surface area contributed by atoms with E-state index in [0.29, 0.717) is 51.8 Å². The highest BCUT2D eigenvalue weighted by atomic mass is 19.4. The molecule has 0 radical (unpaired) electrons. The van der Waals surface area contributed by atoms with Gasteiger partial charge in [-0.05, 0) is 13.8 Å². The molecule has 2 N–H and O–H groups in total. The third-order valence-electron chi connectivity index (χ3n) is 3.97. The molecule has 0 saturated carbocycles. The molecule has 7 nitrogen and oxygen atoms in total. The van der Waals surface area contributed by atoms with Crippen LogP contribution < -0.4 is 10.6 Å². The number of amides is 1. The summed E-state index contributed by atoms with van der Waals surface area (Å²) in [7, 11) is 1.55. The second-order valence-electron chi connectivity index (χ2n) is 5.75. The minimum Gasteiger partial charge on any atom is -0.383 e. The molecule has 25 heavy (non-hydrogen) atoms. The van der Waals surface area contributed by atoms with Gasteiger partial charge in [0.2, 0.25) is 5.91 Å². The van der Waals surface area contributed by atoms with E-state index in [0.717, 1.165) is 0 Å². The van der Waals surface area contributed by atoms with Gasteiger partial charge in [0.15, 0.2) is 5.96 Å². The lowest BCUT2D eigenvalue weighted by atomic mass is 10.2. The number of rotatable bonds is 7. The summed E-state index contributed by atoms with van der Waals surface area (Å²) < 4.78 is 43.3. The molecule has 10 heteroatoms. The van der Waals surface area contributed by atoms with Crippen molar-refractivity contribution in [2.45, 2.75) is 26.1 Å². The highest BCUT2D eigenvalue weighted by Gasteiger charge is 2.41. The third kappa shape index (κ3) is 7.47. The van der Waals surface area contributed by atoms with Crippen LogP contribution in [0.15, 0.2) is 4.99 Å². The number of piperazine rings is 1. The number of hydrogen-bond donors (Lipinski definition) is 2. The van der Waals surface area contributed by atoms with Crippen LogP contribution in [0.3, 0.4) is 0 Å². The number of methoxy groups -OCH3 is 1. The van der Waals surface area contributed by atoms with E-state index in [1.165, 1.54) is 11.8 Å². The Balaban J connectivity index is 2.54. The summed E-state index contributed by atoms with van der Waals surface area (Å²) in [6.45, 7) is 5.94. The van der Waals surface area contributed by atoms with Gasteiger partial charge in [0.05, 0.1) is 6.61 Å². The summed E-state index contributed by atoms with van der Waals surface area (Å²) in [5, 5.41) is 5.75. The van der Waals surface area contributed by atoms with Crippen molar-refractivity contribution < 1.29 is 22.7 Å². The average molecular weight is 367 g/mol. The fourth-order valence-corrected chi connectivity index (χ4v) is 2.45. The molecule has 1 amide bonds. The van der Waals surface area contributed by atoms with Crippen LogP contribution in [0.4, 0.5) is 13.2 Å². The first-order chi connectivity index (χ1) is 11.8. The number of carbonyl (C=O) groups excluding carboxylic acids is 1. The van der Waals surface area contributed by atoms with Crippen molar-refractivity contribution in [2.24, 2.45) is 4.99 Å². The van der Waals surface area contributed by atoms with Gasteiger partial charge < -0.3 is 20.3 Å². The van der Waals surface area contributed by atoms with Gasteiger partial charge in [-0.2, -0.15) is 13.2 Å². The standard InChI is InChI=1S/C15H28F3N5O2/c1-4-19-14(21-11-13(24)20-5-10-25-3)23-8-6-22(7-9-23)12(2)15(16,17)18/h12H,4-11H2,1-3H3,(H,19,21)(H,20,24). The van der Waals surface area contributed by atoms with Crippen LogP contribution in [0.5, 0.6) is 0 Å². The molecule has 146 valence electrons. The largest absolute Gasteiger partial charge is 0.403 e. The maximum absolute atomic E-state index is 12.8. The van der Waals surface area contributed by atoms with Crippen LogP contribution in [0, 0.1) is 0 Å². The van der Waals surface area contributed by atoms with Gasteiger partial charge in [0.1, 0.15) is 12.6 Å². The molecule has 1 atom stereocenters. The van der Waals surface area contributed by atoms with E-state index in [1.54, 1.807) is 7.11 Å². The molecule has 1 unspecified atom stereocenters. The quantitative estimate of drug-likeness (QED) is 0.384. The Morgan fingerprint density at radius 1 is 1.24 bits per heavy atom. The highest BCUT2D eigenvalue weighted by Crippen LogP contribution is 2.25.